The van der Waals surface area contributed by atoms with Gasteiger partial charge in [-0.2, -0.15) is 5.26 Å². The van der Waals surface area contributed by atoms with E-state index < -0.39 is 0 Å². The van der Waals surface area contributed by atoms with Crippen LogP contribution >= 0.6 is 0 Å². The number of carbonyl (C=O) groups is 1. The van der Waals surface area contributed by atoms with Gasteiger partial charge in [-0.3, -0.25) is 4.79 Å². The number of nitrogens with one attached hydrogen (secondary N) is 2. The van der Waals surface area contributed by atoms with Gasteiger partial charge in [0.15, 0.2) is 0 Å². The van der Waals surface area contributed by atoms with E-state index in [4.69, 9.17) is 5.26 Å². The van der Waals surface area contributed by atoms with Crippen molar-refractivity contribution in [3.05, 3.63) is 29.8 Å². The Morgan fingerprint density at radius 2 is 2.05 bits per heavy atom. The average molecular weight is 287 g/mol. The molecule has 0 aliphatic carbocycles. The fourth-order valence-corrected chi connectivity index (χ4v) is 2.20. The predicted octanol–water partition coefficient (Wildman–Crippen LogP) is 3.25. The van der Waals surface area contributed by atoms with Crippen LogP contribution in [-0.2, 0) is 11.2 Å². The highest BCUT2D eigenvalue weighted by Gasteiger charge is 2.13. The molecule has 0 aliphatic rings. The zero-order valence-electron chi connectivity index (χ0n) is 13.0. The molecule has 2 N–H and O–H groups in total. The van der Waals surface area contributed by atoms with Crippen molar-refractivity contribution in [2.45, 2.75) is 52.0 Å². The fraction of sp³-hybridized carbons (Fsp3) is 0.529. The lowest BCUT2D eigenvalue weighted by atomic mass is 10.0. The molecule has 0 aliphatic heterocycles. The minimum Gasteiger partial charge on any atom is -0.374 e. The van der Waals surface area contributed by atoms with E-state index in [1.165, 1.54) is 31.2 Å². The van der Waals surface area contributed by atoms with Gasteiger partial charge in [-0.1, -0.05) is 44.4 Å². The standard InChI is InChI=1S/C17H25N3O/c1-3-4-5-6-9-15-10-7-8-11-16(15)20-14(2)17(21)19-13-12-18/h7-8,10-11,14,20H,3-6,9,13H2,1-2H3,(H,19,21). The summed E-state index contributed by atoms with van der Waals surface area (Å²) < 4.78 is 0. The third-order valence-electron chi connectivity index (χ3n) is 3.42. The summed E-state index contributed by atoms with van der Waals surface area (Å²) in [5, 5.41) is 14.3. The summed E-state index contributed by atoms with van der Waals surface area (Å²) in [5.41, 5.74) is 2.25. The van der Waals surface area contributed by atoms with Crippen LogP contribution in [0.4, 0.5) is 5.69 Å². The molecule has 1 rings (SSSR count). The molecule has 0 bridgehead atoms. The van der Waals surface area contributed by atoms with E-state index >= 15 is 0 Å². The second-order valence-electron chi connectivity index (χ2n) is 5.21. The van der Waals surface area contributed by atoms with Gasteiger partial charge >= 0.3 is 0 Å². The molecule has 0 saturated carbocycles. The van der Waals surface area contributed by atoms with Crippen LogP contribution in [0.5, 0.6) is 0 Å². The van der Waals surface area contributed by atoms with Gasteiger partial charge < -0.3 is 10.6 Å². The minimum atomic E-state index is -0.352. The number of benzene rings is 1. The van der Waals surface area contributed by atoms with Crippen LogP contribution in [0, 0.1) is 11.3 Å². The zero-order valence-corrected chi connectivity index (χ0v) is 13.0. The molecule has 4 heteroatoms. The molecule has 0 aromatic heterocycles. The summed E-state index contributed by atoms with van der Waals surface area (Å²) in [4.78, 5) is 11.8. The predicted molar refractivity (Wildman–Crippen MR) is 86.0 cm³/mol. The number of hydrogen-bond donors (Lipinski definition) is 2. The Hall–Kier alpha value is -2.02. The Bertz CT molecular complexity index is 479. The Balaban J connectivity index is 2.57. The molecular weight excluding hydrogens is 262 g/mol. The monoisotopic (exact) mass is 287 g/mol. The molecule has 0 heterocycles. The van der Waals surface area contributed by atoms with Crippen LogP contribution in [-0.4, -0.2) is 18.5 Å². The maximum absolute atomic E-state index is 11.8. The van der Waals surface area contributed by atoms with Crippen molar-refractivity contribution in [3.8, 4) is 6.07 Å². The molecule has 114 valence electrons. The number of para-hydroxylation sites is 1. The highest BCUT2D eigenvalue weighted by atomic mass is 16.2. The number of carbonyl (C=O) groups excluding carboxylic acids is 1. The number of anilines is 1. The third-order valence-corrected chi connectivity index (χ3v) is 3.42. The van der Waals surface area contributed by atoms with E-state index in [-0.39, 0.29) is 18.5 Å². The fourth-order valence-electron chi connectivity index (χ4n) is 2.20. The molecule has 1 atom stereocenters. The van der Waals surface area contributed by atoms with Crippen molar-refractivity contribution >= 4 is 11.6 Å². The average Bonchev–Trinajstić information content (AvgIpc) is 2.50. The van der Waals surface area contributed by atoms with Gasteiger partial charge in [0.25, 0.3) is 0 Å². The van der Waals surface area contributed by atoms with Crippen LogP contribution in [0.1, 0.15) is 45.1 Å². The minimum absolute atomic E-state index is 0.0452. The number of nitrogens with zero attached hydrogens (tertiary/aromatic N) is 1. The number of unbranched alkanes of at least 4 members (excludes halogenated alkanes) is 3. The highest BCUT2D eigenvalue weighted by molar-refractivity contribution is 5.84. The SMILES string of the molecule is CCCCCCc1ccccc1NC(C)C(=O)NCC#N. The summed E-state index contributed by atoms with van der Waals surface area (Å²) in [5.74, 6) is -0.155. The van der Waals surface area contributed by atoms with Gasteiger partial charge in [0.05, 0.1) is 6.07 Å². The van der Waals surface area contributed by atoms with E-state index in [1.807, 2.05) is 24.3 Å². The first kappa shape index (κ1) is 17.0. The number of nitriles is 1. The van der Waals surface area contributed by atoms with Crippen molar-refractivity contribution in [2.24, 2.45) is 0 Å². The Labute approximate surface area is 127 Å². The van der Waals surface area contributed by atoms with Crippen LogP contribution in [0.3, 0.4) is 0 Å². The lowest BCUT2D eigenvalue weighted by Gasteiger charge is -2.17. The quantitative estimate of drug-likeness (QED) is 0.541. The number of rotatable bonds is 9. The third kappa shape index (κ3) is 6.31. The van der Waals surface area contributed by atoms with Crippen molar-refractivity contribution in [3.63, 3.8) is 0 Å². The van der Waals surface area contributed by atoms with E-state index in [0.717, 1.165) is 12.1 Å². The summed E-state index contributed by atoms with van der Waals surface area (Å²) in [6.07, 6.45) is 5.93. The van der Waals surface area contributed by atoms with Crippen molar-refractivity contribution in [1.82, 2.24) is 5.32 Å². The van der Waals surface area contributed by atoms with Gasteiger partial charge in [0.2, 0.25) is 5.91 Å². The van der Waals surface area contributed by atoms with Gasteiger partial charge in [0.1, 0.15) is 12.6 Å². The van der Waals surface area contributed by atoms with Crippen molar-refractivity contribution < 1.29 is 4.79 Å². The lowest BCUT2D eigenvalue weighted by Crippen LogP contribution is -2.37. The van der Waals surface area contributed by atoms with Gasteiger partial charge in [-0.15, -0.1) is 0 Å². The number of aryl methyl sites for hydroxylation is 1. The topological polar surface area (TPSA) is 64.9 Å². The molecule has 1 unspecified atom stereocenters. The molecular formula is C17H25N3O. The molecule has 0 saturated heterocycles. The molecule has 0 radical (unpaired) electrons. The van der Waals surface area contributed by atoms with Crippen molar-refractivity contribution in [1.29, 1.82) is 5.26 Å². The summed E-state index contributed by atoms with van der Waals surface area (Å²) >= 11 is 0. The number of hydrogen-bond acceptors (Lipinski definition) is 3. The first-order valence-corrected chi connectivity index (χ1v) is 7.68. The van der Waals surface area contributed by atoms with Crippen LogP contribution in [0.2, 0.25) is 0 Å². The molecule has 4 nitrogen and oxygen atoms in total. The molecule has 0 spiro atoms. The Morgan fingerprint density at radius 3 is 2.76 bits per heavy atom. The smallest absolute Gasteiger partial charge is 0.243 e. The van der Waals surface area contributed by atoms with Gasteiger partial charge in [-0.25, -0.2) is 0 Å². The molecule has 1 aromatic carbocycles. The van der Waals surface area contributed by atoms with Crippen molar-refractivity contribution in [2.75, 3.05) is 11.9 Å². The van der Waals surface area contributed by atoms with E-state index in [2.05, 4.69) is 23.6 Å². The maximum atomic E-state index is 11.8. The summed E-state index contributed by atoms with van der Waals surface area (Å²) in [6, 6.07) is 9.66. The Kier molecular flexibility index (Phi) is 7.96. The summed E-state index contributed by atoms with van der Waals surface area (Å²) in [7, 11) is 0. The zero-order chi connectivity index (χ0) is 15.5. The molecule has 21 heavy (non-hydrogen) atoms. The second kappa shape index (κ2) is 9.82. The summed E-state index contributed by atoms with van der Waals surface area (Å²) in [6.45, 7) is 4.06. The van der Waals surface area contributed by atoms with E-state index in [9.17, 15) is 4.79 Å². The number of amides is 1. The van der Waals surface area contributed by atoms with Gasteiger partial charge in [0, 0.05) is 5.69 Å². The maximum Gasteiger partial charge on any atom is 0.243 e. The lowest BCUT2D eigenvalue weighted by molar-refractivity contribution is -0.121. The first-order chi connectivity index (χ1) is 10.2. The van der Waals surface area contributed by atoms with Crippen LogP contribution in [0.15, 0.2) is 24.3 Å². The molecule has 0 fully saturated rings. The first-order valence-electron chi connectivity index (χ1n) is 7.68. The van der Waals surface area contributed by atoms with Crippen LogP contribution in [0.25, 0.3) is 0 Å². The molecule has 1 aromatic rings. The molecule has 1 amide bonds. The van der Waals surface area contributed by atoms with Crippen LogP contribution < -0.4 is 10.6 Å². The van der Waals surface area contributed by atoms with E-state index in [1.54, 1.807) is 6.92 Å². The normalized spacial score (nSPS) is 11.5. The second-order valence-corrected chi connectivity index (χ2v) is 5.21. The van der Waals surface area contributed by atoms with Gasteiger partial charge in [-0.05, 0) is 31.4 Å². The highest BCUT2D eigenvalue weighted by Crippen LogP contribution is 2.19. The van der Waals surface area contributed by atoms with E-state index in [0.29, 0.717) is 0 Å². The largest absolute Gasteiger partial charge is 0.374 e. The Morgan fingerprint density at radius 1 is 1.29 bits per heavy atom.